The molecular weight excluding hydrogens is 272 g/mol. The van der Waals surface area contributed by atoms with E-state index in [1.165, 1.54) is 4.57 Å². The van der Waals surface area contributed by atoms with Gasteiger partial charge in [-0.2, -0.15) is 0 Å². The summed E-state index contributed by atoms with van der Waals surface area (Å²) in [4.78, 5) is 25.4. The fourth-order valence-electron chi connectivity index (χ4n) is 2.55. The molecule has 1 aromatic heterocycles. The summed E-state index contributed by atoms with van der Waals surface area (Å²) in [6, 6.07) is 5.59. The molecule has 1 aromatic carbocycles. The van der Waals surface area contributed by atoms with Crippen molar-refractivity contribution in [3.63, 3.8) is 0 Å². The summed E-state index contributed by atoms with van der Waals surface area (Å²) in [6.07, 6.45) is 1.13. The maximum Gasteiger partial charge on any atom is 0.419 e. The number of amides is 1. The molecule has 112 valence electrons. The molecule has 0 unspecified atom stereocenters. The van der Waals surface area contributed by atoms with Crippen molar-refractivity contribution in [2.75, 3.05) is 26.3 Å². The van der Waals surface area contributed by atoms with Gasteiger partial charge in [0.1, 0.15) is 0 Å². The highest BCUT2D eigenvalue weighted by molar-refractivity contribution is 5.77. The van der Waals surface area contributed by atoms with Crippen molar-refractivity contribution >= 4 is 17.0 Å². The minimum absolute atomic E-state index is 0.152. The van der Waals surface area contributed by atoms with E-state index >= 15 is 0 Å². The number of rotatable bonds is 3. The molecule has 1 aliphatic heterocycles. The molecule has 3 rings (SSSR count). The number of carbonyl (C=O) groups excluding carboxylic acids is 1. The van der Waals surface area contributed by atoms with Gasteiger partial charge in [-0.05, 0) is 24.1 Å². The van der Waals surface area contributed by atoms with Crippen molar-refractivity contribution < 1.29 is 13.9 Å². The molecule has 1 aliphatic rings. The van der Waals surface area contributed by atoms with E-state index in [0.29, 0.717) is 44.7 Å². The maximum atomic E-state index is 12.1. The molecule has 6 nitrogen and oxygen atoms in total. The molecule has 0 spiro atoms. The summed E-state index contributed by atoms with van der Waals surface area (Å²) in [5, 5.41) is 0. The van der Waals surface area contributed by atoms with Gasteiger partial charge in [-0.15, -0.1) is 0 Å². The van der Waals surface area contributed by atoms with Crippen LogP contribution >= 0.6 is 0 Å². The monoisotopic (exact) mass is 290 g/mol. The highest BCUT2D eigenvalue weighted by Crippen LogP contribution is 2.16. The first-order chi connectivity index (χ1) is 10.1. The number of carbonyl (C=O) groups is 1. The second-order valence-electron chi connectivity index (χ2n) is 5.22. The standard InChI is InChI=1S/C15H18N2O4/c1-16-12-10-11(2-4-13(12)21-15(16)19)3-5-14(18)17-6-8-20-9-7-17/h2,4,10H,3,5-9H2,1H3. The van der Waals surface area contributed by atoms with Crippen molar-refractivity contribution in [3.05, 3.63) is 34.3 Å². The van der Waals surface area contributed by atoms with Crippen LogP contribution in [0.2, 0.25) is 0 Å². The number of benzene rings is 1. The molecule has 2 heterocycles. The lowest BCUT2D eigenvalue weighted by Gasteiger charge is -2.26. The topological polar surface area (TPSA) is 64.7 Å². The minimum Gasteiger partial charge on any atom is -0.408 e. The van der Waals surface area contributed by atoms with Crippen LogP contribution in [-0.4, -0.2) is 41.7 Å². The molecule has 21 heavy (non-hydrogen) atoms. The number of nitrogens with zero attached hydrogens (tertiary/aromatic N) is 2. The number of morpholine rings is 1. The first-order valence-corrected chi connectivity index (χ1v) is 7.09. The van der Waals surface area contributed by atoms with E-state index in [1.807, 2.05) is 17.0 Å². The van der Waals surface area contributed by atoms with Gasteiger partial charge in [0.2, 0.25) is 5.91 Å². The van der Waals surface area contributed by atoms with Gasteiger partial charge in [-0.3, -0.25) is 9.36 Å². The summed E-state index contributed by atoms with van der Waals surface area (Å²) in [5.41, 5.74) is 2.36. The third-order valence-corrected chi connectivity index (χ3v) is 3.85. The lowest BCUT2D eigenvalue weighted by molar-refractivity contribution is -0.135. The number of aromatic nitrogens is 1. The Morgan fingerprint density at radius 1 is 1.29 bits per heavy atom. The zero-order valence-electron chi connectivity index (χ0n) is 12.0. The average molecular weight is 290 g/mol. The fourth-order valence-corrected chi connectivity index (χ4v) is 2.55. The van der Waals surface area contributed by atoms with Crippen LogP contribution in [0, 0.1) is 0 Å². The van der Waals surface area contributed by atoms with E-state index in [9.17, 15) is 9.59 Å². The van der Waals surface area contributed by atoms with E-state index in [1.54, 1.807) is 13.1 Å². The number of oxazole rings is 1. The van der Waals surface area contributed by atoms with E-state index < -0.39 is 0 Å². The molecule has 0 radical (unpaired) electrons. The molecule has 1 amide bonds. The van der Waals surface area contributed by atoms with Crippen LogP contribution in [0.15, 0.2) is 27.4 Å². The van der Waals surface area contributed by atoms with Crippen molar-refractivity contribution in [1.82, 2.24) is 9.47 Å². The molecule has 2 aromatic rings. The normalized spacial score (nSPS) is 15.6. The van der Waals surface area contributed by atoms with Crippen molar-refractivity contribution in [3.8, 4) is 0 Å². The van der Waals surface area contributed by atoms with Gasteiger partial charge in [0.05, 0.1) is 18.7 Å². The second-order valence-corrected chi connectivity index (χ2v) is 5.22. The highest BCUT2D eigenvalue weighted by Gasteiger charge is 2.16. The van der Waals surface area contributed by atoms with Crippen LogP contribution in [0.4, 0.5) is 0 Å². The van der Waals surface area contributed by atoms with Gasteiger partial charge in [-0.1, -0.05) is 6.07 Å². The zero-order chi connectivity index (χ0) is 14.8. The Labute approximate surface area is 121 Å². The number of ether oxygens (including phenoxy) is 1. The van der Waals surface area contributed by atoms with Gasteiger partial charge >= 0.3 is 5.76 Å². The van der Waals surface area contributed by atoms with Crippen LogP contribution in [0.5, 0.6) is 0 Å². The maximum absolute atomic E-state index is 12.1. The summed E-state index contributed by atoms with van der Waals surface area (Å²) in [7, 11) is 1.68. The summed E-state index contributed by atoms with van der Waals surface area (Å²) < 4.78 is 11.8. The summed E-state index contributed by atoms with van der Waals surface area (Å²) in [6.45, 7) is 2.59. The Balaban J connectivity index is 1.68. The Morgan fingerprint density at radius 3 is 2.81 bits per heavy atom. The third kappa shape index (κ3) is 2.85. The number of aryl methyl sites for hydroxylation is 2. The third-order valence-electron chi connectivity index (χ3n) is 3.85. The van der Waals surface area contributed by atoms with Crippen LogP contribution in [-0.2, 0) is 23.0 Å². The average Bonchev–Trinajstić information content (AvgIpc) is 2.80. The minimum atomic E-state index is -0.369. The lowest BCUT2D eigenvalue weighted by atomic mass is 10.1. The Morgan fingerprint density at radius 2 is 2.05 bits per heavy atom. The first kappa shape index (κ1) is 13.9. The Bertz CT molecular complexity index is 710. The molecule has 6 heteroatoms. The van der Waals surface area contributed by atoms with Gasteiger partial charge in [0, 0.05) is 26.6 Å². The lowest BCUT2D eigenvalue weighted by Crippen LogP contribution is -2.40. The highest BCUT2D eigenvalue weighted by atomic mass is 16.5. The van der Waals surface area contributed by atoms with Crippen molar-refractivity contribution in [2.24, 2.45) is 7.05 Å². The smallest absolute Gasteiger partial charge is 0.408 e. The van der Waals surface area contributed by atoms with Crippen molar-refractivity contribution in [1.29, 1.82) is 0 Å². The van der Waals surface area contributed by atoms with E-state index in [-0.39, 0.29) is 11.7 Å². The number of hydrogen-bond acceptors (Lipinski definition) is 4. The Kier molecular flexibility index (Phi) is 3.79. The van der Waals surface area contributed by atoms with E-state index in [2.05, 4.69) is 0 Å². The van der Waals surface area contributed by atoms with Crippen LogP contribution in [0.25, 0.3) is 11.1 Å². The Hall–Kier alpha value is -2.08. The van der Waals surface area contributed by atoms with Gasteiger partial charge in [0.15, 0.2) is 5.58 Å². The predicted octanol–water partition coefficient (Wildman–Crippen LogP) is 0.923. The quantitative estimate of drug-likeness (QED) is 0.843. The fraction of sp³-hybridized carbons (Fsp3) is 0.467. The molecule has 0 bridgehead atoms. The van der Waals surface area contributed by atoms with Gasteiger partial charge in [0.25, 0.3) is 0 Å². The molecular formula is C15H18N2O4. The van der Waals surface area contributed by atoms with Crippen LogP contribution in [0.1, 0.15) is 12.0 Å². The van der Waals surface area contributed by atoms with Crippen LogP contribution in [0.3, 0.4) is 0 Å². The SMILES string of the molecule is Cn1c(=O)oc2ccc(CCC(=O)N3CCOCC3)cc21. The molecule has 0 saturated carbocycles. The van der Waals surface area contributed by atoms with Gasteiger partial charge in [-0.25, -0.2) is 4.79 Å². The second kappa shape index (κ2) is 5.73. The molecule has 0 N–H and O–H groups in total. The number of hydrogen-bond donors (Lipinski definition) is 0. The molecule has 0 aliphatic carbocycles. The summed E-state index contributed by atoms with van der Waals surface area (Å²) in [5.74, 6) is -0.217. The van der Waals surface area contributed by atoms with E-state index in [4.69, 9.17) is 9.15 Å². The zero-order valence-corrected chi connectivity index (χ0v) is 12.0. The first-order valence-electron chi connectivity index (χ1n) is 7.09. The van der Waals surface area contributed by atoms with Gasteiger partial charge < -0.3 is 14.1 Å². The molecule has 0 atom stereocenters. The van der Waals surface area contributed by atoms with Crippen molar-refractivity contribution in [2.45, 2.75) is 12.8 Å². The largest absolute Gasteiger partial charge is 0.419 e. The van der Waals surface area contributed by atoms with E-state index in [0.717, 1.165) is 11.1 Å². The van der Waals surface area contributed by atoms with Crippen LogP contribution < -0.4 is 5.76 Å². The summed E-state index contributed by atoms with van der Waals surface area (Å²) >= 11 is 0. The predicted molar refractivity (Wildman–Crippen MR) is 77.2 cm³/mol. The molecule has 1 saturated heterocycles. The molecule has 1 fully saturated rings. The number of fused-ring (bicyclic) bond motifs is 1.